The van der Waals surface area contributed by atoms with Gasteiger partial charge in [0.15, 0.2) is 0 Å². The summed E-state index contributed by atoms with van der Waals surface area (Å²) in [6, 6.07) is 54.2. The van der Waals surface area contributed by atoms with Crippen LogP contribution in [0.5, 0.6) is 0 Å². The third-order valence-electron chi connectivity index (χ3n) is 9.83. The minimum atomic E-state index is 0.871. The highest BCUT2D eigenvalue weighted by atomic mass is 32.1. The van der Waals surface area contributed by atoms with E-state index in [9.17, 15) is 0 Å². The molecule has 224 valence electrons. The summed E-state index contributed by atoms with van der Waals surface area (Å²) in [5.41, 5.74) is 6.78. The second-order valence-electron chi connectivity index (χ2n) is 12.5. The van der Waals surface area contributed by atoms with Gasteiger partial charge < -0.3 is 13.7 Å². The molecule has 11 rings (SSSR count). The van der Waals surface area contributed by atoms with Gasteiger partial charge in [-0.15, -0.1) is 11.3 Å². The Hall–Kier alpha value is -6.10. The van der Waals surface area contributed by atoms with E-state index in [4.69, 9.17) is 8.83 Å². The van der Waals surface area contributed by atoms with Crippen molar-refractivity contribution in [1.29, 1.82) is 0 Å². The molecule has 0 spiro atoms. The minimum Gasteiger partial charge on any atom is -0.456 e. The molecule has 3 heterocycles. The van der Waals surface area contributed by atoms with Crippen LogP contribution in [-0.2, 0) is 0 Å². The smallest absolute Gasteiger partial charge is 0.137 e. The van der Waals surface area contributed by atoms with Crippen LogP contribution in [0.3, 0.4) is 0 Å². The number of rotatable bonds is 3. The van der Waals surface area contributed by atoms with Gasteiger partial charge in [0.1, 0.15) is 22.3 Å². The van der Waals surface area contributed by atoms with Crippen molar-refractivity contribution >= 4 is 114 Å². The highest BCUT2D eigenvalue weighted by Gasteiger charge is 2.19. The number of anilines is 3. The third kappa shape index (κ3) is 3.69. The number of benzene rings is 8. The minimum absolute atomic E-state index is 0.871. The maximum absolute atomic E-state index is 6.56. The molecule has 0 bridgehead atoms. The molecule has 0 N–H and O–H groups in total. The van der Waals surface area contributed by atoms with E-state index in [2.05, 4.69) is 144 Å². The Balaban J connectivity index is 1.18. The topological polar surface area (TPSA) is 29.5 Å². The van der Waals surface area contributed by atoms with Crippen LogP contribution in [0.2, 0.25) is 0 Å². The van der Waals surface area contributed by atoms with Crippen molar-refractivity contribution in [1.82, 2.24) is 0 Å². The monoisotopic (exact) mass is 631 g/mol. The third-order valence-corrected chi connectivity index (χ3v) is 11.0. The molecule has 3 nitrogen and oxygen atoms in total. The number of thiophene rings is 1. The summed E-state index contributed by atoms with van der Waals surface area (Å²) in [7, 11) is 0. The second-order valence-corrected chi connectivity index (χ2v) is 13.6. The zero-order valence-electron chi connectivity index (χ0n) is 25.6. The van der Waals surface area contributed by atoms with Crippen molar-refractivity contribution in [3.63, 3.8) is 0 Å². The van der Waals surface area contributed by atoms with E-state index < -0.39 is 0 Å². The van der Waals surface area contributed by atoms with Crippen molar-refractivity contribution in [3.8, 4) is 0 Å². The van der Waals surface area contributed by atoms with Crippen molar-refractivity contribution in [2.75, 3.05) is 4.90 Å². The first kappa shape index (κ1) is 26.0. The van der Waals surface area contributed by atoms with Gasteiger partial charge in [0.25, 0.3) is 0 Å². The zero-order valence-corrected chi connectivity index (χ0v) is 26.4. The average molecular weight is 632 g/mol. The van der Waals surface area contributed by atoms with Crippen molar-refractivity contribution in [2.24, 2.45) is 0 Å². The molecule has 48 heavy (non-hydrogen) atoms. The molecule has 0 fully saturated rings. The summed E-state index contributed by atoms with van der Waals surface area (Å²) in [4.78, 5) is 2.36. The summed E-state index contributed by atoms with van der Waals surface area (Å²) in [5.74, 6) is 0. The Morgan fingerprint density at radius 2 is 0.917 bits per heavy atom. The molecule has 0 amide bonds. The lowest BCUT2D eigenvalue weighted by atomic mass is 10.0. The quantitative estimate of drug-likeness (QED) is 0.194. The second kappa shape index (κ2) is 9.71. The van der Waals surface area contributed by atoms with Crippen LogP contribution in [-0.4, -0.2) is 0 Å². The molecule has 4 heteroatoms. The lowest BCUT2D eigenvalue weighted by Crippen LogP contribution is -2.09. The molecule has 0 aliphatic rings. The van der Waals surface area contributed by atoms with Crippen LogP contribution < -0.4 is 4.90 Å². The van der Waals surface area contributed by atoms with Crippen LogP contribution in [0.4, 0.5) is 17.1 Å². The van der Waals surface area contributed by atoms with Crippen LogP contribution in [0.1, 0.15) is 0 Å². The van der Waals surface area contributed by atoms with Crippen LogP contribution in [0.15, 0.2) is 160 Å². The first-order valence-corrected chi connectivity index (χ1v) is 17.0. The highest BCUT2D eigenvalue weighted by Crippen LogP contribution is 2.44. The van der Waals surface area contributed by atoms with E-state index in [0.29, 0.717) is 0 Å². The van der Waals surface area contributed by atoms with Crippen LogP contribution >= 0.6 is 11.3 Å². The molecule has 3 aromatic heterocycles. The Morgan fingerprint density at radius 1 is 0.354 bits per heavy atom. The summed E-state index contributed by atoms with van der Waals surface area (Å²) in [6.07, 6.45) is 0. The van der Waals surface area contributed by atoms with Gasteiger partial charge in [-0.2, -0.15) is 0 Å². The molecule has 0 unspecified atom stereocenters. The van der Waals surface area contributed by atoms with E-state index in [-0.39, 0.29) is 0 Å². The normalized spacial score (nSPS) is 12.2. The van der Waals surface area contributed by atoms with E-state index >= 15 is 0 Å². The van der Waals surface area contributed by atoms with E-state index in [0.717, 1.165) is 60.9 Å². The van der Waals surface area contributed by atoms with Crippen molar-refractivity contribution in [3.05, 3.63) is 152 Å². The number of hydrogen-bond acceptors (Lipinski definition) is 4. The van der Waals surface area contributed by atoms with E-state index in [1.165, 1.54) is 41.7 Å². The maximum Gasteiger partial charge on any atom is 0.137 e. The predicted molar refractivity (Wildman–Crippen MR) is 204 cm³/mol. The van der Waals surface area contributed by atoms with Gasteiger partial charge in [0, 0.05) is 64.8 Å². The van der Waals surface area contributed by atoms with Gasteiger partial charge in [-0.05, 0) is 82.2 Å². The molecule has 0 saturated heterocycles. The standard InChI is InChI=1S/C44H25NO2S/c1-2-8-31-26(7-1)14-21-38-43(31)35-20-18-29(24-40(35)47-38)45(30-17-19-33-32-9-4-6-12-41(32)48-42(33)25-30)28-16-13-27-15-22-39-44(36(27)23-28)34-10-3-5-11-37(34)46-39/h1-25H. The lowest BCUT2D eigenvalue weighted by Gasteiger charge is -2.26. The molecule has 8 aromatic carbocycles. The lowest BCUT2D eigenvalue weighted by molar-refractivity contribution is 0.669. The summed E-state index contributed by atoms with van der Waals surface area (Å²) < 4.78 is 15.4. The summed E-state index contributed by atoms with van der Waals surface area (Å²) >= 11 is 1.84. The number of hydrogen-bond donors (Lipinski definition) is 0. The van der Waals surface area contributed by atoms with Gasteiger partial charge in [0.05, 0.1) is 0 Å². The molecule has 0 atom stereocenters. The molecule has 0 aliphatic heterocycles. The number of fused-ring (bicyclic) bond motifs is 13. The maximum atomic E-state index is 6.56. The fourth-order valence-corrected chi connectivity index (χ4v) is 8.78. The largest absolute Gasteiger partial charge is 0.456 e. The SMILES string of the molecule is c1ccc2c(c1)ccc1oc3cc(N(c4ccc5c(c4)sc4ccccc45)c4ccc5ccc6oc7ccccc7c6c5c4)ccc3c12. The van der Waals surface area contributed by atoms with Crippen LogP contribution in [0, 0.1) is 0 Å². The molecule has 0 radical (unpaired) electrons. The predicted octanol–water partition coefficient (Wildman–Crippen LogP) is 13.6. The summed E-state index contributed by atoms with van der Waals surface area (Å²) in [6.45, 7) is 0. The van der Waals surface area contributed by atoms with Crippen molar-refractivity contribution < 1.29 is 8.83 Å². The number of furan rings is 2. The Labute approximate surface area is 278 Å². The molecule has 11 aromatic rings. The number of para-hydroxylation sites is 1. The molecule has 0 aliphatic carbocycles. The fourth-order valence-electron chi connectivity index (χ4n) is 7.65. The highest BCUT2D eigenvalue weighted by molar-refractivity contribution is 7.25. The Kier molecular flexibility index (Phi) is 5.26. The van der Waals surface area contributed by atoms with Gasteiger partial charge in [-0.3, -0.25) is 0 Å². The Bertz CT molecular complexity index is 3090. The molecular formula is C44H25NO2S. The molecule has 0 saturated carbocycles. The van der Waals surface area contributed by atoms with Gasteiger partial charge in [0.2, 0.25) is 0 Å². The van der Waals surface area contributed by atoms with Gasteiger partial charge in [-0.25, -0.2) is 0 Å². The van der Waals surface area contributed by atoms with Gasteiger partial charge >= 0.3 is 0 Å². The number of nitrogens with zero attached hydrogens (tertiary/aromatic N) is 1. The zero-order chi connectivity index (χ0) is 31.3. The summed E-state index contributed by atoms with van der Waals surface area (Å²) in [5, 5.41) is 11.9. The first-order valence-electron chi connectivity index (χ1n) is 16.2. The van der Waals surface area contributed by atoms with E-state index in [1.807, 2.05) is 23.5 Å². The van der Waals surface area contributed by atoms with Crippen molar-refractivity contribution in [2.45, 2.75) is 0 Å². The van der Waals surface area contributed by atoms with Gasteiger partial charge in [-0.1, -0.05) is 84.9 Å². The first-order chi connectivity index (χ1) is 23.8. The fraction of sp³-hybridized carbons (Fsp3) is 0. The Morgan fingerprint density at radius 3 is 1.79 bits per heavy atom. The average Bonchev–Trinajstić information content (AvgIpc) is 3.82. The van der Waals surface area contributed by atoms with E-state index in [1.54, 1.807) is 0 Å². The van der Waals surface area contributed by atoms with Crippen LogP contribution in [0.25, 0.3) is 85.6 Å². The molecular weight excluding hydrogens is 607 g/mol.